The molecule has 0 aliphatic rings. The zero-order valence-electron chi connectivity index (χ0n) is 12.2. The van der Waals surface area contributed by atoms with Crippen LogP contribution < -0.4 is 15.8 Å². The molecule has 0 saturated carbocycles. The highest BCUT2D eigenvalue weighted by atomic mass is 32.2. The molecule has 0 atom stereocenters. The number of hydrogen-bond acceptors (Lipinski definition) is 6. The fourth-order valence-electron chi connectivity index (χ4n) is 1.76. The minimum Gasteiger partial charge on any atom is -0.496 e. The largest absolute Gasteiger partial charge is 0.496 e. The van der Waals surface area contributed by atoms with E-state index in [2.05, 4.69) is 10.5 Å². The van der Waals surface area contributed by atoms with Crippen molar-refractivity contribution in [1.82, 2.24) is 5.32 Å². The lowest BCUT2D eigenvalue weighted by molar-refractivity contribution is 0.296. The summed E-state index contributed by atoms with van der Waals surface area (Å²) in [6, 6.07) is 5.57. The Kier molecular flexibility index (Phi) is 8.65. The van der Waals surface area contributed by atoms with Gasteiger partial charge in [0.1, 0.15) is 5.75 Å². The van der Waals surface area contributed by atoms with E-state index in [1.54, 1.807) is 13.2 Å². The van der Waals surface area contributed by atoms with Crippen LogP contribution in [-0.2, 0) is 6.54 Å². The van der Waals surface area contributed by atoms with Gasteiger partial charge in [0.25, 0.3) is 0 Å². The van der Waals surface area contributed by atoms with Crippen LogP contribution in [0, 0.1) is 0 Å². The van der Waals surface area contributed by atoms with Crippen molar-refractivity contribution in [2.45, 2.75) is 13.0 Å². The monoisotopic (exact) mass is 313 g/mol. The molecule has 0 aliphatic heterocycles. The number of hydrogen-bond donors (Lipinski definition) is 4. The molecule has 0 bridgehead atoms. The molecular formula is C14H23N3O3S. The Morgan fingerprint density at radius 3 is 2.90 bits per heavy atom. The van der Waals surface area contributed by atoms with Crippen LogP contribution in [0.3, 0.4) is 0 Å². The number of thioether (sulfide) groups is 1. The lowest BCUT2D eigenvalue weighted by Gasteiger charge is -2.10. The van der Waals surface area contributed by atoms with Crippen LogP contribution in [0.1, 0.15) is 17.5 Å². The van der Waals surface area contributed by atoms with E-state index in [1.807, 2.05) is 23.9 Å². The highest BCUT2D eigenvalue weighted by Crippen LogP contribution is 2.20. The number of nitrogens with two attached hydrogens (primary N) is 1. The normalized spacial score (nSPS) is 11.6. The number of nitrogens with zero attached hydrogens (tertiary/aromatic N) is 1. The van der Waals surface area contributed by atoms with E-state index in [4.69, 9.17) is 20.8 Å². The summed E-state index contributed by atoms with van der Waals surface area (Å²) in [5.41, 5.74) is 7.23. The van der Waals surface area contributed by atoms with Gasteiger partial charge < -0.3 is 26.1 Å². The number of aliphatic hydroxyl groups excluding tert-OH is 1. The van der Waals surface area contributed by atoms with Gasteiger partial charge in [0.2, 0.25) is 0 Å². The van der Waals surface area contributed by atoms with E-state index in [9.17, 15) is 0 Å². The summed E-state index contributed by atoms with van der Waals surface area (Å²) in [7, 11) is 1.55. The van der Waals surface area contributed by atoms with Gasteiger partial charge in [-0.15, -0.1) is 0 Å². The van der Waals surface area contributed by atoms with Gasteiger partial charge in [0.05, 0.1) is 12.7 Å². The second kappa shape index (κ2) is 10.3. The van der Waals surface area contributed by atoms with Gasteiger partial charge in [-0.1, -0.05) is 11.2 Å². The Hall–Kier alpha value is -1.44. The average Bonchev–Trinajstić information content (AvgIpc) is 2.53. The van der Waals surface area contributed by atoms with Crippen LogP contribution in [0.2, 0.25) is 0 Å². The van der Waals surface area contributed by atoms with Gasteiger partial charge in [-0.3, -0.25) is 0 Å². The molecule has 0 unspecified atom stereocenters. The SMILES string of the molecule is COc1cc(CNCCSCCCO)ccc1/C(N)=N/O. The van der Waals surface area contributed by atoms with Crippen LogP contribution in [0.5, 0.6) is 5.75 Å². The summed E-state index contributed by atoms with van der Waals surface area (Å²) < 4.78 is 5.25. The molecule has 0 amide bonds. The maximum Gasteiger partial charge on any atom is 0.173 e. The van der Waals surface area contributed by atoms with Gasteiger partial charge in [-0.2, -0.15) is 11.8 Å². The molecule has 0 aliphatic carbocycles. The third kappa shape index (κ3) is 6.24. The number of oxime groups is 1. The second-order valence-electron chi connectivity index (χ2n) is 4.39. The van der Waals surface area contributed by atoms with Crippen LogP contribution in [0.4, 0.5) is 0 Å². The van der Waals surface area contributed by atoms with Gasteiger partial charge >= 0.3 is 0 Å². The fraction of sp³-hybridized carbons (Fsp3) is 0.500. The van der Waals surface area contributed by atoms with E-state index >= 15 is 0 Å². The van der Waals surface area contributed by atoms with Crippen LogP contribution >= 0.6 is 11.8 Å². The number of benzene rings is 1. The highest BCUT2D eigenvalue weighted by Gasteiger charge is 2.08. The Bertz CT molecular complexity index is 455. The molecule has 118 valence electrons. The maximum atomic E-state index is 8.72. The molecule has 7 heteroatoms. The summed E-state index contributed by atoms with van der Waals surface area (Å²) >= 11 is 1.82. The minimum atomic E-state index is 0.0339. The summed E-state index contributed by atoms with van der Waals surface area (Å²) in [5, 5.41) is 23.7. The van der Waals surface area contributed by atoms with Crippen molar-refractivity contribution in [2.24, 2.45) is 10.9 Å². The first-order chi connectivity index (χ1) is 10.2. The molecule has 6 nitrogen and oxygen atoms in total. The predicted molar refractivity (Wildman–Crippen MR) is 86.2 cm³/mol. The molecule has 0 aromatic heterocycles. The molecule has 1 aromatic rings. The highest BCUT2D eigenvalue weighted by molar-refractivity contribution is 7.99. The molecule has 0 saturated heterocycles. The van der Waals surface area contributed by atoms with Crippen molar-refractivity contribution in [3.8, 4) is 5.75 Å². The number of nitrogens with one attached hydrogen (secondary N) is 1. The number of amidine groups is 1. The van der Waals surface area contributed by atoms with Crippen molar-refractivity contribution in [2.75, 3.05) is 31.8 Å². The summed E-state index contributed by atoms with van der Waals surface area (Å²) in [6.07, 6.45) is 0.844. The topological polar surface area (TPSA) is 100 Å². The predicted octanol–water partition coefficient (Wildman–Crippen LogP) is 0.995. The molecule has 0 heterocycles. The first-order valence-corrected chi connectivity index (χ1v) is 7.92. The average molecular weight is 313 g/mol. The van der Waals surface area contributed by atoms with Crippen molar-refractivity contribution in [3.05, 3.63) is 29.3 Å². The van der Waals surface area contributed by atoms with E-state index in [1.165, 1.54) is 0 Å². The lowest BCUT2D eigenvalue weighted by atomic mass is 10.1. The molecule has 1 rings (SSSR count). The van der Waals surface area contributed by atoms with E-state index in [0.717, 1.165) is 36.6 Å². The molecular weight excluding hydrogens is 290 g/mol. The third-order valence-corrected chi connectivity index (χ3v) is 3.92. The first kappa shape index (κ1) is 17.6. The molecule has 0 radical (unpaired) electrons. The van der Waals surface area contributed by atoms with Crippen molar-refractivity contribution in [1.29, 1.82) is 0 Å². The number of methoxy groups -OCH3 is 1. The van der Waals surface area contributed by atoms with Crippen LogP contribution in [0.15, 0.2) is 23.4 Å². The Balaban J connectivity index is 2.42. The minimum absolute atomic E-state index is 0.0339. The molecule has 0 spiro atoms. The quantitative estimate of drug-likeness (QED) is 0.169. The molecule has 5 N–H and O–H groups in total. The Morgan fingerprint density at radius 1 is 1.43 bits per heavy atom. The van der Waals surface area contributed by atoms with Crippen molar-refractivity contribution in [3.63, 3.8) is 0 Å². The van der Waals surface area contributed by atoms with Crippen molar-refractivity contribution >= 4 is 17.6 Å². The first-order valence-electron chi connectivity index (χ1n) is 6.77. The van der Waals surface area contributed by atoms with Crippen LogP contribution in [0.25, 0.3) is 0 Å². The van der Waals surface area contributed by atoms with Gasteiger partial charge in [0, 0.05) is 25.4 Å². The van der Waals surface area contributed by atoms with E-state index < -0.39 is 0 Å². The molecule has 1 aromatic carbocycles. The Labute approximate surface area is 129 Å². The fourth-order valence-corrected chi connectivity index (χ4v) is 2.58. The van der Waals surface area contributed by atoms with Gasteiger partial charge in [-0.25, -0.2) is 0 Å². The lowest BCUT2D eigenvalue weighted by Crippen LogP contribution is -2.18. The molecule has 21 heavy (non-hydrogen) atoms. The zero-order valence-corrected chi connectivity index (χ0v) is 13.0. The summed E-state index contributed by atoms with van der Waals surface area (Å²) in [4.78, 5) is 0. The Morgan fingerprint density at radius 2 is 2.24 bits per heavy atom. The maximum absolute atomic E-state index is 8.72. The van der Waals surface area contributed by atoms with Crippen molar-refractivity contribution < 1.29 is 15.1 Å². The van der Waals surface area contributed by atoms with Gasteiger partial charge in [0.15, 0.2) is 5.84 Å². The smallest absolute Gasteiger partial charge is 0.173 e. The third-order valence-electron chi connectivity index (χ3n) is 2.85. The van der Waals surface area contributed by atoms with E-state index in [0.29, 0.717) is 11.3 Å². The summed E-state index contributed by atoms with van der Waals surface area (Å²) in [6.45, 7) is 1.89. The second-order valence-corrected chi connectivity index (χ2v) is 5.61. The van der Waals surface area contributed by atoms with E-state index in [-0.39, 0.29) is 12.4 Å². The standard InChI is InChI=1S/C14H23N3O3S/c1-20-13-9-11(3-4-12(13)14(15)17-19)10-16-5-8-21-7-2-6-18/h3-4,9,16,18-19H,2,5-8,10H2,1H3,(H2,15,17). The molecule has 0 fully saturated rings. The number of rotatable bonds is 10. The van der Waals surface area contributed by atoms with Crippen LogP contribution in [-0.4, -0.2) is 47.9 Å². The number of ether oxygens (including phenoxy) is 1. The zero-order chi connectivity index (χ0) is 15.5. The van der Waals surface area contributed by atoms with Gasteiger partial charge in [-0.05, 0) is 29.9 Å². The number of aliphatic hydroxyl groups is 1. The summed E-state index contributed by atoms with van der Waals surface area (Å²) in [5.74, 6) is 2.62.